The third-order valence-corrected chi connectivity index (χ3v) is 10.0. The van der Waals surface area contributed by atoms with Crippen molar-refractivity contribution in [3.8, 4) is 62.1 Å². The normalized spacial score (nSPS) is 11.4. The van der Waals surface area contributed by atoms with E-state index in [-0.39, 0.29) is 0 Å². The van der Waals surface area contributed by atoms with Gasteiger partial charge in [-0.15, -0.1) is 0 Å². The smallest absolute Gasteiger partial charge is 0.164 e. The van der Waals surface area contributed by atoms with Gasteiger partial charge in [0.15, 0.2) is 17.5 Å². The van der Waals surface area contributed by atoms with Gasteiger partial charge in [-0.2, -0.15) is 0 Å². The Hall–Kier alpha value is -7.17. The first-order chi connectivity index (χ1) is 26.2. The summed E-state index contributed by atoms with van der Waals surface area (Å²) >= 11 is 0. The molecule has 0 spiro atoms. The van der Waals surface area contributed by atoms with Gasteiger partial charge in [-0.3, -0.25) is 0 Å². The maximum atomic E-state index is 5.13. The zero-order valence-corrected chi connectivity index (χ0v) is 28.8. The molecule has 0 unspecified atom stereocenters. The Labute approximate surface area is 307 Å². The van der Waals surface area contributed by atoms with E-state index in [9.17, 15) is 0 Å². The van der Waals surface area contributed by atoms with Crippen LogP contribution in [-0.4, -0.2) is 19.5 Å². The summed E-state index contributed by atoms with van der Waals surface area (Å²) in [6, 6.07) is 68.2. The summed E-state index contributed by atoms with van der Waals surface area (Å²) in [6.07, 6.45) is 0. The molecule has 248 valence electrons. The van der Waals surface area contributed by atoms with E-state index >= 15 is 0 Å². The third kappa shape index (κ3) is 5.63. The van der Waals surface area contributed by atoms with Gasteiger partial charge in [-0.1, -0.05) is 158 Å². The topological polar surface area (TPSA) is 43.6 Å². The van der Waals surface area contributed by atoms with Crippen molar-refractivity contribution in [2.45, 2.75) is 0 Å². The fourth-order valence-electron chi connectivity index (χ4n) is 7.38. The summed E-state index contributed by atoms with van der Waals surface area (Å²) in [5.41, 5.74) is 10.9. The lowest BCUT2D eigenvalue weighted by Crippen LogP contribution is -2.01. The molecule has 8 aromatic carbocycles. The first kappa shape index (κ1) is 30.6. The van der Waals surface area contributed by atoms with E-state index in [4.69, 9.17) is 15.0 Å². The molecule has 0 saturated carbocycles. The average Bonchev–Trinajstić information content (AvgIpc) is 3.58. The third-order valence-electron chi connectivity index (χ3n) is 10.0. The predicted molar refractivity (Wildman–Crippen MR) is 219 cm³/mol. The van der Waals surface area contributed by atoms with Crippen LogP contribution in [0.25, 0.3) is 94.7 Å². The maximum Gasteiger partial charge on any atom is 0.164 e. The standard InChI is InChI=1S/C49H32N4/c1-3-12-33(13-4-1)36-22-25-37(26-23-36)47-50-48(52-49(51-47)41-27-24-35-16-7-8-17-38(35)30-41)40-18-11-19-42(31-40)53-45-21-10-9-20-43(45)44-32-39(28-29-46(44)53)34-14-5-2-6-15-34/h1-32H. The summed E-state index contributed by atoms with van der Waals surface area (Å²) in [6.45, 7) is 0. The Morgan fingerprint density at radius 2 is 0.792 bits per heavy atom. The van der Waals surface area contributed by atoms with E-state index in [0.717, 1.165) is 44.4 Å². The van der Waals surface area contributed by atoms with Crippen LogP contribution in [0.5, 0.6) is 0 Å². The van der Waals surface area contributed by atoms with E-state index in [2.05, 4.69) is 193 Å². The highest BCUT2D eigenvalue weighted by molar-refractivity contribution is 6.10. The van der Waals surface area contributed by atoms with Crippen LogP contribution in [0, 0.1) is 0 Å². The van der Waals surface area contributed by atoms with Gasteiger partial charge in [0.2, 0.25) is 0 Å². The summed E-state index contributed by atoms with van der Waals surface area (Å²) in [5, 5.41) is 4.75. The van der Waals surface area contributed by atoms with Gasteiger partial charge < -0.3 is 4.57 Å². The minimum atomic E-state index is 0.624. The molecular weight excluding hydrogens is 645 g/mol. The van der Waals surface area contributed by atoms with Crippen LogP contribution >= 0.6 is 0 Å². The van der Waals surface area contributed by atoms with E-state index < -0.39 is 0 Å². The second-order valence-electron chi connectivity index (χ2n) is 13.3. The number of fused-ring (bicyclic) bond motifs is 4. The Morgan fingerprint density at radius 3 is 1.55 bits per heavy atom. The largest absolute Gasteiger partial charge is 0.309 e. The van der Waals surface area contributed by atoms with Crippen LogP contribution in [0.2, 0.25) is 0 Å². The molecule has 0 fully saturated rings. The zero-order valence-electron chi connectivity index (χ0n) is 28.8. The highest BCUT2D eigenvalue weighted by Gasteiger charge is 2.17. The Kier molecular flexibility index (Phi) is 7.43. The quantitative estimate of drug-likeness (QED) is 0.176. The summed E-state index contributed by atoms with van der Waals surface area (Å²) in [7, 11) is 0. The first-order valence-corrected chi connectivity index (χ1v) is 17.9. The van der Waals surface area contributed by atoms with Crippen LogP contribution in [0.3, 0.4) is 0 Å². The summed E-state index contributed by atoms with van der Waals surface area (Å²) < 4.78 is 2.34. The predicted octanol–water partition coefficient (Wildman–Crippen LogP) is 12.5. The fraction of sp³-hybridized carbons (Fsp3) is 0. The molecule has 10 rings (SSSR count). The minimum absolute atomic E-state index is 0.624. The van der Waals surface area contributed by atoms with Crippen molar-refractivity contribution in [3.63, 3.8) is 0 Å². The molecule has 0 aliphatic carbocycles. The van der Waals surface area contributed by atoms with Gasteiger partial charge in [0, 0.05) is 33.2 Å². The summed E-state index contributed by atoms with van der Waals surface area (Å²) in [4.78, 5) is 15.3. The van der Waals surface area contributed by atoms with Gasteiger partial charge in [-0.05, 0) is 69.4 Å². The minimum Gasteiger partial charge on any atom is -0.309 e. The van der Waals surface area contributed by atoms with Crippen molar-refractivity contribution in [2.75, 3.05) is 0 Å². The lowest BCUT2D eigenvalue weighted by atomic mass is 10.0. The first-order valence-electron chi connectivity index (χ1n) is 17.9. The second-order valence-corrected chi connectivity index (χ2v) is 13.3. The molecule has 0 aliphatic rings. The van der Waals surface area contributed by atoms with Gasteiger partial charge in [-0.25, -0.2) is 15.0 Å². The highest BCUT2D eigenvalue weighted by Crippen LogP contribution is 2.36. The van der Waals surface area contributed by atoms with Crippen LogP contribution < -0.4 is 0 Å². The van der Waals surface area contributed by atoms with Crippen molar-refractivity contribution in [2.24, 2.45) is 0 Å². The SMILES string of the molecule is c1ccc(-c2ccc(-c3nc(-c4cccc(-n5c6ccccc6c6cc(-c7ccccc7)ccc65)c4)nc(-c4ccc5ccccc5c4)n3)cc2)cc1. The number of benzene rings is 8. The molecule has 10 aromatic rings. The molecule has 0 radical (unpaired) electrons. The van der Waals surface area contributed by atoms with Gasteiger partial charge in [0.1, 0.15) is 0 Å². The van der Waals surface area contributed by atoms with Crippen LogP contribution in [0.1, 0.15) is 0 Å². The molecule has 4 heteroatoms. The molecule has 0 N–H and O–H groups in total. The number of nitrogens with zero attached hydrogens (tertiary/aromatic N) is 4. The molecule has 0 aliphatic heterocycles. The number of hydrogen-bond acceptors (Lipinski definition) is 3. The number of hydrogen-bond donors (Lipinski definition) is 0. The molecule has 0 atom stereocenters. The Balaban J connectivity index is 1.12. The van der Waals surface area contributed by atoms with Crippen molar-refractivity contribution in [1.29, 1.82) is 0 Å². The lowest BCUT2D eigenvalue weighted by molar-refractivity contribution is 1.07. The van der Waals surface area contributed by atoms with E-state index in [1.807, 2.05) is 6.07 Å². The summed E-state index contributed by atoms with van der Waals surface area (Å²) in [5.74, 6) is 1.89. The maximum absolute atomic E-state index is 5.13. The highest BCUT2D eigenvalue weighted by atomic mass is 15.0. The van der Waals surface area contributed by atoms with Crippen LogP contribution in [-0.2, 0) is 0 Å². The molecule has 2 aromatic heterocycles. The second kappa shape index (κ2) is 12.9. The number of para-hydroxylation sites is 1. The van der Waals surface area contributed by atoms with Gasteiger partial charge in [0.25, 0.3) is 0 Å². The molecule has 53 heavy (non-hydrogen) atoms. The van der Waals surface area contributed by atoms with E-state index in [1.165, 1.54) is 32.8 Å². The van der Waals surface area contributed by atoms with Crippen LogP contribution in [0.4, 0.5) is 0 Å². The molecule has 0 amide bonds. The monoisotopic (exact) mass is 676 g/mol. The fourth-order valence-corrected chi connectivity index (χ4v) is 7.38. The molecular formula is C49H32N4. The van der Waals surface area contributed by atoms with E-state index in [1.54, 1.807) is 0 Å². The zero-order chi connectivity index (χ0) is 35.1. The molecule has 2 heterocycles. The van der Waals surface area contributed by atoms with Crippen LogP contribution in [0.15, 0.2) is 194 Å². The van der Waals surface area contributed by atoms with E-state index in [0.29, 0.717) is 17.5 Å². The molecule has 4 nitrogen and oxygen atoms in total. The Bertz CT molecular complexity index is 2930. The number of rotatable bonds is 6. The molecule has 0 saturated heterocycles. The van der Waals surface area contributed by atoms with Gasteiger partial charge >= 0.3 is 0 Å². The van der Waals surface area contributed by atoms with Gasteiger partial charge in [0.05, 0.1) is 11.0 Å². The average molecular weight is 677 g/mol. The Morgan fingerprint density at radius 1 is 0.283 bits per heavy atom. The van der Waals surface area contributed by atoms with Crippen molar-refractivity contribution >= 4 is 32.6 Å². The lowest BCUT2D eigenvalue weighted by Gasteiger charge is -2.12. The van der Waals surface area contributed by atoms with Crippen molar-refractivity contribution < 1.29 is 0 Å². The number of aromatic nitrogens is 4. The van der Waals surface area contributed by atoms with Crippen molar-refractivity contribution in [3.05, 3.63) is 194 Å². The van der Waals surface area contributed by atoms with Crippen molar-refractivity contribution in [1.82, 2.24) is 19.5 Å². The molecule has 0 bridgehead atoms.